The van der Waals surface area contributed by atoms with Crippen LogP contribution in [0.2, 0.25) is 0 Å². The highest BCUT2D eigenvalue weighted by Crippen LogP contribution is 2.43. The lowest BCUT2D eigenvalue weighted by atomic mass is 9.69. The fraction of sp³-hybridized carbons (Fsp3) is 0.375. The van der Waals surface area contributed by atoms with Gasteiger partial charge in [0.1, 0.15) is 9.39 Å². The summed E-state index contributed by atoms with van der Waals surface area (Å²) < 4.78 is 0.246. The Kier molecular flexibility index (Phi) is 4.01. The van der Waals surface area contributed by atoms with Crippen molar-refractivity contribution >= 4 is 22.6 Å². The van der Waals surface area contributed by atoms with Gasteiger partial charge in [-0.15, -0.1) is 0 Å². The molecule has 0 spiro atoms. The maximum atomic E-state index is 12.0. The van der Waals surface area contributed by atoms with Gasteiger partial charge >= 0.3 is 0 Å². The summed E-state index contributed by atoms with van der Waals surface area (Å²) in [6.07, 6.45) is 5.30. The van der Waals surface area contributed by atoms with Gasteiger partial charge in [-0.05, 0) is 41.0 Å². The van der Waals surface area contributed by atoms with Crippen LogP contribution in [-0.2, 0) is 5.41 Å². The van der Waals surface area contributed by atoms with Crippen molar-refractivity contribution in [2.75, 3.05) is 0 Å². The van der Waals surface area contributed by atoms with E-state index in [1.165, 1.54) is 6.42 Å². The topological polar surface area (TPSA) is 66.0 Å². The van der Waals surface area contributed by atoms with Crippen molar-refractivity contribution in [2.45, 2.75) is 37.5 Å². The summed E-state index contributed by atoms with van der Waals surface area (Å²) in [5.41, 5.74) is 0.605. The molecule has 1 saturated carbocycles. The van der Waals surface area contributed by atoms with Gasteiger partial charge in [-0.1, -0.05) is 49.6 Å². The number of rotatable bonds is 2. The Morgan fingerprint density at radius 3 is 2.43 bits per heavy atom. The van der Waals surface area contributed by atoms with Crippen molar-refractivity contribution in [3.8, 4) is 5.88 Å². The first-order valence-corrected chi connectivity index (χ1v) is 8.26. The van der Waals surface area contributed by atoms with E-state index in [4.69, 9.17) is 0 Å². The minimum Gasteiger partial charge on any atom is -0.492 e. The molecule has 0 radical (unpaired) electrons. The van der Waals surface area contributed by atoms with Crippen LogP contribution in [0.1, 0.15) is 43.5 Å². The molecule has 110 valence electrons. The van der Waals surface area contributed by atoms with Gasteiger partial charge in [0.05, 0.1) is 5.41 Å². The summed E-state index contributed by atoms with van der Waals surface area (Å²) >= 11 is 1.82. The Hall–Kier alpha value is -1.37. The molecule has 1 aromatic carbocycles. The summed E-state index contributed by atoms with van der Waals surface area (Å²) in [6.45, 7) is 0. The van der Waals surface area contributed by atoms with Gasteiger partial charge in [0, 0.05) is 0 Å². The summed E-state index contributed by atoms with van der Waals surface area (Å²) in [4.78, 5) is 19.2. The highest BCUT2D eigenvalue weighted by molar-refractivity contribution is 14.1. The van der Waals surface area contributed by atoms with E-state index in [0.717, 1.165) is 31.2 Å². The predicted octanol–water partition coefficient (Wildman–Crippen LogP) is 3.33. The average molecular weight is 396 g/mol. The lowest BCUT2D eigenvalue weighted by Gasteiger charge is -2.36. The molecule has 1 fully saturated rings. The van der Waals surface area contributed by atoms with Gasteiger partial charge in [-0.2, -0.15) is 4.98 Å². The van der Waals surface area contributed by atoms with Crippen molar-refractivity contribution in [1.82, 2.24) is 9.97 Å². The van der Waals surface area contributed by atoms with Gasteiger partial charge in [0.25, 0.3) is 5.56 Å². The standard InChI is InChI=1S/C16H17IN2O2/c17-12-13(20)18-15(19-14(12)21)16(9-5-2-6-10-16)11-7-3-1-4-8-11/h1,3-4,7-8H,2,5-6,9-10H2,(H2,18,19,20,21). The second-order valence-corrected chi connectivity index (χ2v) is 6.64. The highest BCUT2D eigenvalue weighted by Gasteiger charge is 2.38. The van der Waals surface area contributed by atoms with Crippen LogP contribution in [0.3, 0.4) is 0 Å². The first-order chi connectivity index (χ1) is 10.1. The van der Waals surface area contributed by atoms with Gasteiger partial charge in [0.15, 0.2) is 0 Å². The molecule has 0 aliphatic heterocycles. The summed E-state index contributed by atoms with van der Waals surface area (Å²) in [7, 11) is 0. The number of aromatic nitrogens is 2. The maximum absolute atomic E-state index is 12.0. The van der Waals surface area contributed by atoms with E-state index in [-0.39, 0.29) is 20.4 Å². The van der Waals surface area contributed by atoms with Crippen LogP contribution in [0, 0.1) is 3.57 Å². The van der Waals surface area contributed by atoms with Gasteiger partial charge in [0.2, 0.25) is 5.88 Å². The smallest absolute Gasteiger partial charge is 0.268 e. The molecule has 0 unspecified atom stereocenters. The fourth-order valence-electron chi connectivity index (χ4n) is 3.25. The van der Waals surface area contributed by atoms with Crippen LogP contribution in [0.5, 0.6) is 5.88 Å². The molecule has 1 heterocycles. The van der Waals surface area contributed by atoms with E-state index < -0.39 is 0 Å². The molecule has 5 heteroatoms. The van der Waals surface area contributed by atoms with Crippen molar-refractivity contribution < 1.29 is 5.11 Å². The predicted molar refractivity (Wildman–Crippen MR) is 89.5 cm³/mol. The number of aromatic amines is 1. The molecule has 2 aromatic rings. The minimum atomic E-state index is -0.291. The Morgan fingerprint density at radius 1 is 1.14 bits per heavy atom. The van der Waals surface area contributed by atoms with Crippen molar-refractivity contribution in [3.63, 3.8) is 0 Å². The molecule has 1 aromatic heterocycles. The van der Waals surface area contributed by atoms with Crippen molar-refractivity contribution in [2.24, 2.45) is 0 Å². The Balaban J connectivity index is 2.19. The van der Waals surface area contributed by atoms with Crippen LogP contribution < -0.4 is 5.56 Å². The molecule has 2 N–H and O–H groups in total. The third-order valence-corrected chi connectivity index (χ3v) is 5.30. The fourth-order valence-corrected chi connectivity index (χ4v) is 3.50. The van der Waals surface area contributed by atoms with Crippen LogP contribution in [-0.4, -0.2) is 15.1 Å². The summed E-state index contributed by atoms with van der Waals surface area (Å²) in [5, 5.41) is 9.93. The normalized spacial score (nSPS) is 17.6. The number of halogens is 1. The van der Waals surface area contributed by atoms with Crippen LogP contribution >= 0.6 is 22.6 Å². The molecule has 0 bridgehead atoms. The molecule has 4 nitrogen and oxygen atoms in total. The van der Waals surface area contributed by atoms with Gasteiger partial charge < -0.3 is 10.1 Å². The van der Waals surface area contributed by atoms with Gasteiger partial charge in [-0.3, -0.25) is 4.79 Å². The quantitative estimate of drug-likeness (QED) is 0.766. The zero-order valence-electron chi connectivity index (χ0n) is 11.6. The van der Waals surface area contributed by atoms with E-state index >= 15 is 0 Å². The van der Waals surface area contributed by atoms with E-state index in [0.29, 0.717) is 5.82 Å². The number of aromatic hydroxyl groups is 1. The van der Waals surface area contributed by atoms with E-state index in [2.05, 4.69) is 22.1 Å². The molecule has 3 rings (SSSR count). The Bertz CT molecular complexity index is 691. The molecule has 0 saturated heterocycles. The number of nitrogens with one attached hydrogen (secondary N) is 1. The van der Waals surface area contributed by atoms with Crippen molar-refractivity contribution in [3.05, 3.63) is 55.6 Å². The average Bonchev–Trinajstić information content (AvgIpc) is 2.53. The largest absolute Gasteiger partial charge is 0.492 e. The minimum absolute atomic E-state index is 0.171. The van der Waals surface area contributed by atoms with E-state index in [1.54, 1.807) is 0 Å². The monoisotopic (exact) mass is 396 g/mol. The third-order valence-electron chi connectivity index (χ3n) is 4.33. The highest BCUT2D eigenvalue weighted by atomic mass is 127. The number of hydrogen-bond acceptors (Lipinski definition) is 3. The first-order valence-electron chi connectivity index (χ1n) is 7.18. The maximum Gasteiger partial charge on any atom is 0.268 e. The second-order valence-electron chi connectivity index (χ2n) is 5.56. The molecule has 0 amide bonds. The first kappa shape index (κ1) is 14.6. The van der Waals surface area contributed by atoms with E-state index in [1.807, 2.05) is 40.8 Å². The van der Waals surface area contributed by atoms with E-state index in [9.17, 15) is 9.90 Å². The zero-order valence-corrected chi connectivity index (χ0v) is 13.8. The Labute approximate surface area is 136 Å². The van der Waals surface area contributed by atoms with Crippen LogP contribution in [0.15, 0.2) is 35.1 Å². The molecule has 21 heavy (non-hydrogen) atoms. The number of nitrogens with zero attached hydrogens (tertiary/aromatic N) is 1. The third kappa shape index (κ3) is 2.59. The summed E-state index contributed by atoms with van der Waals surface area (Å²) in [6, 6.07) is 10.2. The zero-order chi connectivity index (χ0) is 14.9. The number of H-pyrrole nitrogens is 1. The molecular formula is C16H17IN2O2. The molecule has 1 aliphatic rings. The van der Waals surface area contributed by atoms with Crippen molar-refractivity contribution in [1.29, 1.82) is 0 Å². The summed E-state index contributed by atoms with van der Waals surface area (Å²) in [5.74, 6) is 0.423. The lowest BCUT2D eigenvalue weighted by Crippen LogP contribution is -2.35. The number of benzene rings is 1. The second kappa shape index (κ2) is 5.79. The molecular weight excluding hydrogens is 379 g/mol. The Morgan fingerprint density at radius 2 is 1.81 bits per heavy atom. The molecule has 0 atom stereocenters. The van der Waals surface area contributed by atoms with Gasteiger partial charge in [-0.25, -0.2) is 0 Å². The number of hydrogen-bond donors (Lipinski definition) is 2. The van der Waals surface area contributed by atoms with Crippen LogP contribution in [0.25, 0.3) is 0 Å². The lowest BCUT2D eigenvalue weighted by molar-refractivity contribution is 0.323. The molecule has 1 aliphatic carbocycles. The van der Waals surface area contributed by atoms with Crippen LogP contribution in [0.4, 0.5) is 0 Å². The SMILES string of the molecule is O=c1[nH]c(C2(c3ccccc3)CCCCC2)nc(O)c1I.